The molecule has 0 saturated carbocycles. The Bertz CT molecular complexity index is 759. The number of nitrogens with one attached hydrogen (secondary N) is 2. The minimum absolute atomic E-state index is 0.520. The largest absolute Gasteiger partial charge is 0.355 e. The molecule has 0 aliphatic rings. The van der Waals surface area contributed by atoms with Gasteiger partial charge in [0.05, 0.1) is 0 Å². The molecular formula is C15H18BrN3O2S. The molecule has 0 spiro atoms. The molecule has 0 aromatic heterocycles. The van der Waals surface area contributed by atoms with E-state index in [2.05, 4.69) is 26.0 Å². The maximum Gasteiger partial charge on any atom is 0.301 e. The molecule has 0 radical (unpaired) electrons. The van der Waals surface area contributed by atoms with Crippen LogP contribution in [-0.4, -0.2) is 26.8 Å². The number of rotatable bonds is 5. The molecule has 22 heavy (non-hydrogen) atoms. The van der Waals surface area contributed by atoms with Gasteiger partial charge >= 0.3 is 10.2 Å². The van der Waals surface area contributed by atoms with E-state index in [1.807, 2.05) is 37.3 Å². The van der Waals surface area contributed by atoms with Gasteiger partial charge in [0.25, 0.3) is 0 Å². The zero-order chi connectivity index (χ0) is 16.3. The third-order valence-corrected chi connectivity index (χ3v) is 5.03. The fourth-order valence-corrected chi connectivity index (χ4v) is 2.88. The zero-order valence-corrected chi connectivity index (χ0v) is 15.0. The van der Waals surface area contributed by atoms with Crippen LogP contribution in [-0.2, 0) is 10.2 Å². The summed E-state index contributed by atoms with van der Waals surface area (Å²) in [5.41, 5.74) is 3.53. The molecule has 2 aromatic carbocycles. The normalized spacial score (nSPS) is 11.5. The lowest BCUT2D eigenvalue weighted by Gasteiger charge is -2.14. The van der Waals surface area contributed by atoms with Crippen molar-refractivity contribution in [3.8, 4) is 0 Å². The van der Waals surface area contributed by atoms with Gasteiger partial charge in [0, 0.05) is 35.6 Å². The predicted molar refractivity (Wildman–Crippen MR) is 94.8 cm³/mol. The van der Waals surface area contributed by atoms with E-state index in [1.165, 1.54) is 14.1 Å². The second-order valence-corrected chi connectivity index (χ2v) is 7.85. The minimum Gasteiger partial charge on any atom is -0.355 e. The van der Waals surface area contributed by atoms with Gasteiger partial charge in [-0.2, -0.15) is 12.7 Å². The van der Waals surface area contributed by atoms with Gasteiger partial charge in [-0.25, -0.2) is 0 Å². The molecule has 2 aromatic rings. The van der Waals surface area contributed by atoms with Crippen LogP contribution >= 0.6 is 15.9 Å². The van der Waals surface area contributed by atoms with Gasteiger partial charge in [-0.15, -0.1) is 0 Å². The van der Waals surface area contributed by atoms with Gasteiger partial charge < -0.3 is 5.32 Å². The van der Waals surface area contributed by atoms with E-state index >= 15 is 0 Å². The Morgan fingerprint density at radius 1 is 1.00 bits per heavy atom. The quantitative estimate of drug-likeness (QED) is 0.826. The maximum absolute atomic E-state index is 11.7. The van der Waals surface area contributed by atoms with Crippen LogP contribution in [0.4, 0.5) is 17.1 Å². The van der Waals surface area contributed by atoms with Crippen molar-refractivity contribution >= 4 is 43.2 Å². The minimum atomic E-state index is -3.48. The van der Waals surface area contributed by atoms with Crippen LogP contribution in [0.1, 0.15) is 5.56 Å². The second-order valence-electron chi connectivity index (χ2n) is 5.05. The number of nitrogens with zero attached hydrogens (tertiary/aromatic N) is 1. The van der Waals surface area contributed by atoms with E-state index in [9.17, 15) is 8.42 Å². The Hall–Kier alpha value is -1.57. The summed E-state index contributed by atoms with van der Waals surface area (Å²) in [6.45, 7) is 2.02. The molecule has 0 heterocycles. The maximum atomic E-state index is 11.7. The number of aryl methyl sites for hydroxylation is 1. The molecule has 0 saturated heterocycles. The van der Waals surface area contributed by atoms with Crippen molar-refractivity contribution in [2.24, 2.45) is 0 Å². The standard InChI is InChI=1S/C15H18BrN3O2S/c1-11-10-12(16)4-9-15(11)17-13-5-7-14(8-6-13)18-22(20,21)19(2)3/h4-10,17-18H,1-3H3. The Balaban J connectivity index is 2.12. The van der Waals surface area contributed by atoms with Crippen LogP contribution in [0.2, 0.25) is 0 Å². The number of halogens is 1. The van der Waals surface area contributed by atoms with Crippen molar-refractivity contribution in [2.45, 2.75) is 6.92 Å². The summed E-state index contributed by atoms with van der Waals surface area (Å²) in [6.07, 6.45) is 0. The molecule has 0 bridgehead atoms. The third kappa shape index (κ3) is 4.22. The van der Waals surface area contributed by atoms with Crippen LogP contribution < -0.4 is 10.0 Å². The number of anilines is 3. The number of hydrogen-bond acceptors (Lipinski definition) is 3. The first-order chi connectivity index (χ1) is 10.3. The average molecular weight is 384 g/mol. The molecule has 5 nitrogen and oxygen atoms in total. The van der Waals surface area contributed by atoms with Crippen molar-refractivity contribution in [2.75, 3.05) is 24.1 Å². The highest BCUT2D eigenvalue weighted by Gasteiger charge is 2.12. The molecule has 0 aliphatic carbocycles. The molecule has 0 unspecified atom stereocenters. The van der Waals surface area contributed by atoms with E-state index in [0.717, 1.165) is 25.7 Å². The fraction of sp³-hybridized carbons (Fsp3) is 0.200. The Morgan fingerprint density at radius 2 is 1.59 bits per heavy atom. The van der Waals surface area contributed by atoms with Crippen molar-refractivity contribution in [3.05, 3.63) is 52.5 Å². The Kier molecular flexibility index (Phi) is 5.10. The van der Waals surface area contributed by atoms with Crippen molar-refractivity contribution in [3.63, 3.8) is 0 Å². The van der Waals surface area contributed by atoms with Crippen molar-refractivity contribution in [1.29, 1.82) is 0 Å². The summed E-state index contributed by atoms with van der Waals surface area (Å²) in [6, 6.07) is 13.1. The number of benzene rings is 2. The van der Waals surface area contributed by atoms with Crippen LogP contribution in [0, 0.1) is 6.92 Å². The first-order valence-electron chi connectivity index (χ1n) is 6.61. The van der Waals surface area contributed by atoms with Gasteiger partial charge in [-0.3, -0.25) is 4.72 Å². The molecule has 2 rings (SSSR count). The van der Waals surface area contributed by atoms with Crippen molar-refractivity contribution in [1.82, 2.24) is 4.31 Å². The summed E-state index contributed by atoms with van der Waals surface area (Å²) in [7, 11) is -0.515. The summed E-state index contributed by atoms with van der Waals surface area (Å²) >= 11 is 3.43. The highest BCUT2D eigenvalue weighted by Crippen LogP contribution is 2.24. The van der Waals surface area contributed by atoms with Crippen LogP contribution in [0.25, 0.3) is 0 Å². The van der Waals surface area contributed by atoms with E-state index in [-0.39, 0.29) is 0 Å². The number of hydrogen-bond donors (Lipinski definition) is 2. The lowest BCUT2D eigenvalue weighted by Crippen LogP contribution is -2.28. The van der Waals surface area contributed by atoms with Crippen LogP contribution in [0.5, 0.6) is 0 Å². The lowest BCUT2D eigenvalue weighted by atomic mass is 10.2. The molecule has 7 heteroatoms. The summed E-state index contributed by atoms with van der Waals surface area (Å²) in [5.74, 6) is 0. The van der Waals surface area contributed by atoms with Gasteiger partial charge in [-0.1, -0.05) is 15.9 Å². The topological polar surface area (TPSA) is 61.4 Å². The summed E-state index contributed by atoms with van der Waals surface area (Å²) in [4.78, 5) is 0. The Labute approximate surface area is 139 Å². The molecule has 0 fully saturated rings. The van der Waals surface area contributed by atoms with Crippen molar-refractivity contribution < 1.29 is 8.42 Å². The molecule has 0 amide bonds. The van der Waals surface area contributed by atoms with E-state index in [4.69, 9.17) is 0 Å². The van der Waals surface area contributed by atoms with Crippen LogP contribution in [0.15, 0.2) is 46.9 Å². The highest BCUT2D eigenvalue weighted by molar-refractivity contribution is 9.10. The third-order valence-electron chi connectivity index (χ3n) is 3.08. The van der Waals surface area contributed by atoms with Crippen LogP contribution in [0.3, 0.4) is 0 Å². The lowest BCUT2D eigenvalue weighted by molar-refractivity contribution is 0.527. The summed E-state index contributed by atoms with van der Waals surface area (Å²) < 4.78 is 28.1. The highest BCUT2D eigenvalue weighted by atomic mass is 79.9. The SMILES string of the molecule is Cc1cc(Br)ccc1Nc1ccc(NS(=O)(=O)N(C)C)cc1. The predicted octanol–water partition coefficient (Wildman–Crippen LogP) is 3.72. The fourth-order valence-electron chi connectivity index (χ4n) is 1.78. The summed E-state index contributed by atoms with van der Waals surface area (Å²) in [5, 5.41) is 3.30. The second kappa shape index (κ2) is 6.68. The monoisotopic (exact) mass is 383 g/mol. The van der Waals surface area contributed by atoms with E-state index in [0.29, 0.717) is 5.69 Å². The Morgan fingerprint density at radius 3 is 2.14 bits per heavy atom. The first-order valence-corrected chi connectivity index (χ1v) is 8.85. The molecule has 118 valence electrons. The molecule has 0 atom stereocenters. The van der Waals surface area contributed by atoms with E-state index < -0.39 is 10.2 Å². The average Bonchev–Trinajstić information content (AvgIpc) is 2.43. The smallest absolute Gasteiger partial charge is 0.301 e. The molecular weight excluding hydrogens is 366 g/mol. The first kappa shape index (κ1) is 16.8. The van der Waals surface area contributed by atoms with Gasteiger partial charge in [0.1, 0.15) is 0 Å². The van der Waals surface area contributed by atoms with Gasteiger partial charge in [-0.05, 0) is 55.0 Å². The van der Waals surface area contributed by atoms with E-state index in [1.54, 1.807) is 12.1 Å². The molecule has 0 aliphatic heterocycles. The van der Waals surface area contributed by atoms with Gasteiger partial charge in [0.15, 0.2) is 0 Å². The van der Waals surface area contributed by atoms with Gasteiger partial charge in [0.2, 0.25) is 0 Å². The zero-order valence-electron chi connectivity index (χ0n) is 12.6. The molecule has 2 N–H and O–H groups in total.